The zero-order chi connectivity index (χ0) is 15.8. The van der Waals surface area contributed by atoms with Crippen LogP contribution >= 0.6 is 0 Å². The van der Waals surface area contributed by atoms with E-state index in [2.05, 4.69) is 15.6 Å². The maximum absolute atomic E-state index is 11.8. The van der Waals surface area contributed by atoms with Gasteiger partial charge in [0.2, 0.25) is 5.91 Å². The van der Waals surface area contributed by atoms with Gasteiger partial charge in [0.15, 0.2) is 0 Å². The van der Waals surface area contributed by atoms with Crippen molar-refractivity contribution in [1.29, 1.82) is 0 Å². The Labute approximate surface area is 130 Å². The van der Waals surface area contributed by atoms with Crippen LogP contribution in [0.1, 0.15) is 17.7 Å². The Balaban J connectivity index is 1.66. The van der Waals surface area contributed by atoms with Crippen LogP contribution in [0, 0.1) is 6.92 Å². The quantitative estimate of drug-likeness (QED) is 0.684. The molecule has 0 aliphatic carbocycles. The highest BCUT2D eigenvalue weighted by atomic mass is 16.1. The topological polar surface area (TPSA) is 80.0 Å². The van der Waals surface area contributed by atoms with E-state index in [0.29, 0.717) is 31.0 Å². The number of anilines is 2. The molecule has 0 aliphatic heterocycles. The summed E-state index contributed by atoms with van der Waals surface area (Å²) in [5.74, 6) is 0.717. The zero-order valence-electron chi connectivity index (χ0n) is 12.8. The minimum absolute atomic E-state index is 0.0517. The Hall–Kier alpha value is -2.56. The number of nitrogen functional groups attached to an aromatic ring is 1. The highest BCUT2D eigenvalue weighted by Crippen LogP contribution is 2.14. The molecular formula is C17H22N4O. The summed E-state index contributed by atoms with van der Waals surface area (Å²) in [5.41, 5.74) is 8.52. The molecule has 1 aromatic carbocycles. The minimum atomic E-state index is 0.0517. The summed E-state index contributed by atoms with van der Waals surface area (Å²) in [6, 6.07) is 13.7. The molecule has 0 unspecified atom stereocenters. The summed E-state index contributed by atoms with van der Waals surface area (Å²) < 4.78 is 0. The van der Waals surface area contributed by atoms with Crippen LogP contribution in [0.25, 0.3) is 0 Å². The van der Waals surface area contributed by atoms with E-state index in [9.17, 15) is 4.79 Å². The van der Waals surface area contributed by atoms with Crippen LogP contribution in [-0.2, 0) is 11.2 Å². The molecule has 2 aromatic rings. The first-order valence-electron chi connectivity index (χ1n) is 7.43. The van der Waals surface area contributed by atoms with Crippen molar-refractivity contribution >= 4 is 17.4 Å². The number of benzene rings is 1. The first-order valence-corrected chi connectivity index (χ1v) is 7.43. The lowest BCUT2D eigenvalue weighted by Crippen LogP contribution is -2.29. The number of nitrogens with one attached hydrogen (secondary N) is 2. The summed E-state index contributed by atoms with van der Waals surface area (Å²) in [6.07, 6.45) is 1.25. The smallest absolute Gasteiger partial charge is 0.220 e. The highest BCUT2D eigenvalue weighted by molar-refractivity contribution is 5.76. The summed E-state index contributed by atoms with van der Waals surface area (Å²) in [6.45, 7) is 3.05. The van der Waals surface area contributed by atoms with Crippen LogP contribution in [0.15, 0.2) is 42.5 Å². The molecule has 0 spiro atoms. The van der Waals surface area contributed by atoms with E-state index < -0.39 is 0 Å². The van der Waals surface area contributed by atoms with Crippen molar-refractivity contribution in [2.75, 3.05) is 24.1 Å². The van der Waals surface area contributed by atoms with Crippen LogP contribution in [-0.4, -0.2) is 24.0 Å². The van der Waals surface area contributed by atoms with Gasteiger partial charge in [0.1, 0.15) is 5.82 Å². The van der Waals surface area contributed by atoms with Gasteiger partial charge in [-0.1, -0.05) is 30.3 Å². The van der Waals surface area contributed by atoms with Gasteiger partial charge >= 0.3 is 0 Å². The fourth-order valence-electron chi connectivity index (χ4n) is 2.08. The number of rotatable bonds is 7. The number of hydrogen-bond acceptors (Lipinski definition) is 4. The third-order valence-electron chi connectivity index (χ3n) is 3.29. The van der Waals surface area contributed by atoms with Crippen molar-refractivity contribution in [2.45, 2.75) is 19.8 Å². The maximum atomic E-state index is 11.8. The van der Waals surface area contributed by atoms with Crippen molar-refractivity contribution in [3.8, 4) is 0 Å². The fourth-order valence-corrected chi connectivity index (χ4v) is 2.08. The SMILES string of the molecule is Cc1ccc(N)c(NCCNC(=O)CCc2ccccc2)n1. The lowest BCUT2D eigenvalue weighted by atomic mass is 10.1. The standard InChI is InChI=1S/C17H22N4O/c1-13-7-9-15(18)17(21-13)20-12-11-19-16(22)10-8-14-5-3-2-4-6-14/h2-7,9H,8,10-12,18H2,1H3,(H,19,22)(H,20,21). The third-order valence-corrected chi connectivity index (χ3v) is 3.29. The summed E-state index contributed by atoms with van der Waals surface area (Å²) >= 11 is 0. The molecule has 22 heavy (non-hydrogen) atoms. The van der Waals surface area contributed by atoms with E-state index in [1.807, 2.05) is 49.4 Å². The lowest BCUT2D eigenvalue weighted by molar-refractivity contribution is -0.120. The third kappa shape index (κ3) is 5.09. The van der Waals surface area contributed by atoms with Gasteiger partial charge in [0.05, 0.1) is 5.69 Å². The van der Waals surface area contributed by atoms with E-state index in [-0.39, 0.29) is 5.91 Å². The molecule has 1 aromatic heterocycles. The number of carbonyl (C=O) groups is 1. The maximum Gasteiger partial charge on any atom is 0.220 e. The number of pyridine rings is 1. The number of nitrogens with two attached hydrogens (primary N) is 1. The largest absolute Gasteiger partial charge is 0.396 e. The van der Waals surface area contributed by atoms with E-state index in [4.69, 9.17) is 5.73 Å². The molecule has 0 atom stereocenters. The van der Waals surface area contributed by atoms with Gasteiger partial charge in [-0.15, -0.1) is 0 Å². The van der Waals surface area contributed by atoms with Gasteiger partial charge in [-0.05, 0) is 31.0 Å². The minimum Gasteiger partial charge on any atom is -0.396 e. The predicted octanol–water partition coefficient (Wildman–Crippen LogP) is 2.13. The first-order chi connectivity index (χ1) is 10.6. The van der Waals surface area contributed by atoms with E-state index in [1.54, 1.807) is 0 Å². The van der Waals surface area contributed by atoms with Crippen LogP contribution in [0.2, 0.25) is 0 Å². The van der Waals surface area contributed by atoms with Crippen molar-refractivity contribution in [2.24, 2.45) is 0 Å². The van der Waals surface area contributed by atoms with Gasteiger partial charge < -0.3 is 16.4 Å². The van der Waals surface area contributed by atoms with Crippen LogP contribution in [0.3, 0.4) is 0 Å². The van der Waals surface area contributed by atoms with Gasteiger partial charge in [-0.25, -0.2) is 4.98 Å². The molecule has 2 rings (SSSR count). The number of hydrogen-bond donors (Lipinski definition) is 3. The normalized spacial score (nSPS) is 10.2. The number of nitrogens with zero attached hydrogens (tertiary/aromatic N) is 1. The molecule has 1 amide bonds. The summed E-state index contributed by atoms with van der Waals surface area (Å²) in [7, 11) is 0. The predicted molar refractivity (Wildman–Crippen MR) is 89.6 cm³/mol. The van der Waals surface area contributed by atoms with Crippen LogP contribution in [0.5, 0.6) is 0 Å². The molecule has 0 aliphatic rings. The molecule has 4 N–H and O–H groups in total. The van der Waals surface area contributed by atoms with Gasteiger partial charge in [-0.3, -0.25) is 4.79 Å². The molecule has 0 radical (unpaired) electrons. The average Bonchev–Trinajstić information content (AvgIpc) is 2.53. The Bertz CT molecular complexity index is 613. The molecule has 5 heteroatoms. The monoisotopic (exact) mass is 298 g/mol. The van der Waals surface area contributed by atoms with E-state index in [0.717, 1.165) is 12.1 Å². The number of aromatic nitrogens is 1. The fraction of sp³-hybridized carbons (Fsp3) is 0.294. The average molecular weight is 298 g/mol. The number of carbonyl (C=O) groups excluding carboxylic acids is 1. The number of aryl methyl sites for hydroxylation is 2. The van der Waals surface area contributed by atoms with Crippen molar-refractivity contribution in [3.05, 3.63) is 53.7 Å². The Kier molecular flexibility index (Phi) is 5.77. The van der Waals surface area contributed by atoms with Crippen molar-refractivity contribution in [3.63, 3.8) is 0 Å². The molecule has 0 saturated carbocycles. The molecule has 0 saturated heterocycles. The molecule has 0 bridgehead atoms. The lowest BCUT2D eigenvalue weighted by Gasteiger charge is -2.10. The Morgan fingerprint density at radius 2 is 1.91 bits per heavy atom. The number of amides is 1. The van der Waals surface area contributed by atoms with Crippen molar-refractivity contribution < 1.29 is 4.79 Å². The second-order valence-electron chi connectivity index (χ2n) is 5.15. The molecular weight excluding hydrogens is 276 g/mol. The van der Waals surface area contributed by atoms with E-state index >= 15 is 0 Å². The van der Waals surface area contributed by atoms with Crippen molar-refractivity contribution in [1.82, 2.24) is 10.3 Å². The first kappa shape index (κ1) is 15.8. The summed E-state index contributed by atoms with van der Waals surface area (Å²) in [5, 5.41) is 6.02. The van der Waals surface area contributed by atoms with Crippen LogP contribution < -0.4 is 16.4 Å². The molecule has 0 fully saturated rings. The molecule has 116 valence electrons. The molecule has 5 nitrogen and oxygen atoms in total. The van der Waals surface area contributed by atoms with Crippen LogP contribution in [0.4, 0.5) is 11.5 Å². The van der Waals surface area contributed by atoms with Gasteiger partial charge in [0, 0.05) is 25.2 Å². The van der Waals surface area contributed by atoms with Gasteiger partial charge in [0.25, 0.3) is 0 Å². The Morgan fingerprint density at radius 3 is 2.68 bits per heavy atom. The second kappa shape index (κ2) is 8.02. The zero-order valence-corrected chi connectivity index (χ0v) is 12.8. The van der Waals surface area contributed by atoms with Gasteiger partial charge in [-0.2, -0.15) is 0 Å². The Morgan fingerprint density at radius 1 is 1.14 bits per heavy atom. The van der Waals surface area contributed by atoms with E-state index in [1.165, 1.54) is 5.56 Å². The highest BCUT2D eigenvalue weighted by Gasteiger charge is 2.03. The molecule has 1 heterocycles. The summed E-state index contributed by atoms with van der Waals surface area (Å²) in [4.78, 5) is 16.1. The second-order valence-corrected chi connectivity index (χ2v) is 5.15.